The molecule has 0 unspecified atom stereocenters. The van der Waals surface area contributed by atoms with Crippen LogP contribution in [0.15, 0.2) is 48.5 Å². The highest BCUT2D eigenvalue weighted by molar-refractivity contribution is 7.95. The first kappa shape index (κ1) is 21.8. The van der Waals surface area contributed by atoms with Gasteiger partial charge in [-0.25, -0.2) is 17.2 Å². The van der Waals surface area contributed by atoms with Crippen LogP contribution in [0, 0.1) is 17.2 Å². The number of sulfonamides is 1. The molecule has 3 fully saturated rings. The van der Waals surface area contributed by atoms with Crippen molar-refractivity contribution in [1.82, 2.24) is 0 Å². The lowest BCUT2D eigenvalue weighted by Gasteiger charge is -2.32. The molecular formula is C23H20F2N2O5S. The fourth-order valence-electron chi connectivity index (χ4n) is 5.31. The van der Waals surface area contributed by atoms with Crippen LogP contribution in [0.1, 0.15) is 36.0 Å². The molecule has 3 saturated heterocycles. The minimum Gasteiger partial charge on any atom is -0.460 e. The molecule has 0 saturated carbocycles. The van der Waals surface area contributed by atoms with Crippen molar-refractivity contribution in [2.45, 2.75) is 42.8 Å². The Kier molecular flexibility index (Phi) is 5.14. The normalized spacial score (nSPS) is 29.2. The van der Waals surface area contributed by atoms with E-state index in [1.165, 1.54) is 12.1 Å². The van der Waals surface area contributed by atoms with Gasteiger partial charge in [-0.1, -0.05) is 30.3 Å². The van der Waals surface area contributed by atoms with E-state index in [0.717, 1.165) is 10.4 Å². The van der Waals surface area contributed by atoms with E-state index in [1.807, 2.05) is 6.07 Å². The van der Waals surface area contributed by atoms with Crippen molar-refractivity contribution in [3.8, 4) is 6.07 Å². The van der Waals surface area contributed by atoms with Crippen molar-refractivity contribution in [2.75, 3.05) is 10.8 Å². The molecule has 5 rings (SSSR count). The summed E-state index contributed by atoms with van der Waals surface area (Å²) in [5.74, 6) is -1.57. The Hall–Kier alpha value is -3.03. The number of hydrogen-bond donors (Lipinski definition) is 0. The molecule has 0 aromatic heterocycles. The predicted octanol–water partition coefficient (Wildman–Crippen LogP) is 3.31. The first-order valence-corrected chi connectivity index (χ1v) is 12.0. The van der Waals surface area contributed by atoms with Crippen molar-refractivity contribution in [3.05, 3.63) is 65.2 Å². The largest absolute Gasteiger partial charge is 0.460 e. The molecule has 2 aromatic rings. The average molecular weight is 474 g/mol. The minimum absolute atomic E-state index is 0.00617. The molecule has 0 aliphatic carbocycles. The van der Waals surface area contributed by atoms with Crippen molar-refractivity contribution in [3.63, 3.8) is 0 Å². The molecule has 33 heavy (non-hydrogen) atoms. The summed E-state index contributed by atoms with van der Waals surface area (Å²) in [5.41, 5.74) is -0.0785. The van der Waals surface area contributed by atoms with Gasteiger partial charge in [-0.05, 0) is 36.6 Å². The van der Waals surface area contributed by atoms with Crippen LogP contribution in [-0.2, 0) is 30.9 Å². The number of ether oxygens (including phenoxy) is 2. The summed E-state index contributed by atoms with van der Waals surface area (Å²) in [6, 6.07) is 14.1. The maximum atomic E-state index is 13.9. The van der Waals surface area contributed by atoms with Crippen LogP contribution in [0.2, 0.25) is 0 Å². The number of nitrogens with zero attached hydrogens (tertiary/aromatic N) is 2. The summed E-state index contributed by atoms with van der Waals surface area (Å²) in [4.78, 5) is 13.4. The van der Waals surface area contributed by atoms with E-state index < -0.39 is 50.9 Å². The van der Waals surface area contributed by atoms with E-state index in [0.29, 0.717) is 18.4 Å². The van der Waals surface area contributed by atoms with Crippen molar-refractivity contribution in [2.24, 2.45) is 5.92 Å². The number of carbonyl (C=O) groups is 1. The van der Waals surface area contributed by atoms with Gasteiger partial charge in [0.05, 0.1) is 29.5 Å². The molecule has 0 radical (unpaired) electrons. The van der Waals surface area contributed by atoms with Gasteiger partial charge in [0.25, 0.3) is 16.4 Å². The fraction of sp³-hybridized carbons (Fsp3) is 0.391. The van der Waals surface area contributed by atoms with Gasteiger partial charge < -0.3 is 9.47 Å². The van der Waals surface area contributed by atoms with E-state index >= 15 is 0 Å². The molecular weight excluding hydrogens is 454 g/mol. The number of fused-ring (bicyclic) bond motifs is 5. The Bertz CT molecular complexity index is 1250. The van der Waals surface area contributed by atoms with Crippen LogP contribution in [0.4, 0.5) is 14.5 Å². The molecule has 0 spiro atoms. The minimum atomic E-state index is -4.37. The van der Waals surface area contributed by atoms with Crippen LogP contribution in [0.5, 0.6) is 0 Å². The second kappa shape index (κ2) is 7.78. The first-order chi connectivity index (χ1) is 15.8. The molecule has 3 aliphatic heterocycles. The van der Waals surface area contributed by atoms with Gasteiger partial charge in [0.2, 0.25) is 4.75 Å². The molecule has 0 N–H and O–H groups in total. The molecule has 0 amide bonds. The lowest BCUT2D eigenvalue weighted by molar-refractivity contribution is -0.150. The number of alkyl halides is 2. The molecule has 7 nitrogen and oxygen atoms in total. The predicted molar refractivity (Wildman–Crippen MR) is 113 cm³/mol. The third kappa shape index (κ3) is 3.06. The fourth-order valence-corrected chi connectivity index (χ4v) is 7.81. The zero-order chi connectivity index (χ0) is 23.4. The Morgan fingerprint density at radius 1 is 1.24 bits per heavy atom. The van der Waals surface area contributed by atoms with E-state index in [-0.39, 0.29) is 24.4 Å². The smallest absolute Gasteiger partial charge is 0.333 e. The number of benzene rings is 2. The van der Waals surface area contributed by atoms with Gasteiger partial charge in [0.1, 0.15) is 6.61 Å². The summed E-state index contributed by atoms with van der Waals surface area (Å²) in [7, 11) is -4.37. The Labute approximate surface area is 189 Å². The number of carbonyl (C=O) groups excluding carboxylic acids is 1. The Balaban J connectivity index is 1.53. The molecule has 2 aromatic carbocycles. The number of halogens is 2. The van der Waals surface area contributed by atoms with Crippen molar-refractivity contribution < 1.29 is 31.5 Å². The summed E-state index contributed by atoms with van der Waals surface area (Å²) < 4.78 is 65.2. The van der Waals surface area contributed by atoms with Crippen LogP contribution in [0.25, 0.3) is 0 Å². The molecule has 4 atom stereocenters. The SMILES string of the molecule is N#Cc1ccc(N2C[C@@H]3[C@@H]4CC[C@@H](O4)[C@]3(C(=O)OCc3ccccc3)S2(=O)=O)cc1C(F)F. The van der Waals surface area contributed by atoms with E-state index in [4.69, 9.17) is 14.7 Å². The third-order valence-corrected chi connectivity index (χ3v) is 9.35. The summed E-state index contributed by atoms with van der Waals surface area (Å²) in [5, 5.41) is 9.11. The van der Waals surface area contributed by atoms with Gasteiger partial charge in [-0.3, -0.25) is 9.10 Å². The Morgan fingerprint density at radius 3 is 2.70 bits per heavy atom. The van der Waals surface area contributed by atoms with E-state index in [9.17, 15) is 22.0 Å². The highest BCUT2D eigenvalue weighted by Crippen LogP contribution is 2.57. The van der Waals surface area contributed by atoms with Gasteiger partial charge in [0, 0.05) is 18.0 Å². The number of rotatable bonds is 5. The second-order valence-electron chi connectivity index (χ2n) is 8.42. The number of hydrogen-bond acceptors (Lipinski definition) is 6. The first-order valence-electron chi connectivity index (χ1n) is 10.5. The molecule has 3 aliphatic rings. The zero-order valence-corrected chi connectivity index (χ0v) is 18.2. The standard InChI is InChI=1S/C23H20F2N2O5S/c24-21(25)17-10-16(7-6-15(17)11-26)27-12-18-19-8-9-20(32-19)23(18,33(27,29)30)22(28)31-13-14-4-2-1-3-5-14/h1-7,10,18-21H,8-9,12-13H2/t18-,19+,20-,23-/m1/s1. The van der Waals surface area contributed by atoms with Crippen LogP contribution < -0.4 is 4.31 Å². The van der Waals surface area contributed by atoms with Gasteiger partial charge >= 0.3 is 5.97 Å². The number of anilines is 1. The topological polar surface area (TPSA) is 96.7 Å². The number of esters is 1. The van der Waals surface area contributed by atoms with Crippen LogP contribution in [0.3, 0.4) is 0 Å². The van der Waals surface area contributed by atoms with E-state index in [2.05, 4.69) is 0 Å². The zero-order valence-electron chi connectivity index (χ0n) is 17.4. The quantitative estimate of drug-likeness (QED) is 0.617. The average Bonchev–Trinajstić information content (AvgIpc) is 3.48. The lowest BCUT2D eigenvalue weighted by Crippen LogP contribution is -2.57. The highest BCUT2D eigenvalue weighted by Gasteiger charge is 2.77. The molecule has 172 valence electrons. The van der Waals surface area contributed by atoms with Crippen LogP contribution >= 0.6 is 0 Å². The van der Waals surface area contributed by atoms with Crippen LogP contribution in [-0.4, -0.2) is 37.9 Å². The summed E-state index contributed by atoms with van der Waals surface area (Å²) >= 11 is 0. The summed E-state index contributed by atoms with van der Waals surface area (Å²) in [6.45, 7) is -0.175. The van der Waals surface area contributed by atoms with Crippen molar-refractivity contribution >= 4 is 21.7 Å². The molecule has 2 bridgehead atoms. The van der Waals surface area contributed by atoms with E-state index in [1.54, 1.807) is 30.3 Å². The lowest BCUT2D eigenvalue weighted by atomic mass is 9.78. The van der Waals surface area contributed by atoms with Gasteiger partial charge in [0.15, 0.2) is 0 Å². The van der Waals surface area contributed by atoms with Gasteiger partial charge in [-0.2, -0.15) is 5.26 Å². The highest BCUT2D eigenvalue weighted by atomic mass is 32.2. The van der Waals surface area contributed by atoms with Crippen molar-refractivity contribution in [1.29, 1.82) is 5.26 Å². The monoisotopic (exact) mass is 474 g/mol. The maximum absolute atomic E-state index is 13.9. The second-order valence-corrected chi connectivity index (χ2v) is 10.5. The molecule has 10 heteroatoms. The van der Waals surface area contributed by atoms with Gasteiger partial charge in [-0.15, -0.1) is 0 Å². The summed E-state index contributed by atoms with van der Waals surface area (Å²) in [6.07, 6.45) is -3.24. The maximum Gasteiger partial charge on any atom is 0.333 e. The Morgan fingerprint density at radius 2 is 2.00 bits per heavy atom. The molecule has 3 heterocycles. The number of nitriles is 1. The third-order valence-electron chi connectivity index (χ3n) is 6.82.